The third-order valence-corrected chi connectivity index (χ3v) is 6.88. The number of aromatic nitrogens is 2. The molecule has 4 aromatic rings. The summed E-state index contributed by atoms with van der Waals surface area (Å²) in [7, 11) is 0. The van der Waals surface area contributed by atoms with E-state index < -0.39 is 6.04 Å². The minimum Gasteiger partial charge on any atom is -0.315 e. The van der Waals surface area contributed by atoms with Gasteiger partial charge in [-0.25, -0.2) is 9.78 Å². The highest BCUT2D eigenvalue weighted by Gasteiger charge is 2.27. The molecule has 0 saturated heterocycles. The molecule has 2 amide bonds. The normalized spacial score (nSPS) is 12.1. The summed E-state index contributed by atoms with van der Waals surface area (Å²) < 4.78 is 1.59. The predicted octanol–water partition coefficient (Wildman–Crippen LogP) is 7.33. The zero-order chi connectivity index (χ0) is 25.8. The number of benzene rings is 3. The summed E-state index contributed by atoms with van der Waals surface area (Å²) in [5, 5.41) is 4.03. The largest absolute Gasteiger partial charge is 0.322 e. The summed E-state index contributed by atoms with van der Waals surface area (Å²) in [5.41, 5.74) is 1.50. The molecule has 0 spiro atoms. The van der Waals surface area contributed by atoms with Gasteiger partial charge in [0, 0.05) is 6.54 Å². The second-order valence-corrected chi connectivity index (χ2v) is 9.83. The number of fused-ring (bicyclic) bond motifs is 1. The van der Waals surface area contributed by atoms with E-state index in [4.69, 9.17) is 28.2 Å². The van der Waals surface area contributed by atoms with E-state index in [2.05, 4.69) is 19.2 Å². The quantitative estimate of drug-likeness (QED) is 0.276. The molecule has 4 rings (SSSR count). The highest BCUT2D eigenvalue weighted by atomic mass is 35.5. The predicted molar refractivity (Wildman–Crippen MR) is 147 cm³/mol. The molecular formula is C28H28Cl2N4O2. The van der Waals surface area contributed by atoms with Gasteiger partial charge >= 0.3 is 6.03 Å². The topological polar surface area (TPSA) is 67.2 Å². The van der Waals surface area contributed by atoms with Gasteiger partial charge in [0.15, 0.2) is 0 Å². The number of urea groups is 1. The second-order valence-electron chi connectivity index (χ2n) is 9.05. The van der Waals surface area contributed by atoms with Crippen molar-refractivity contribution < 1.29 is 4.79 Å². The number of carbonyl (C=O) groups is 1. The Kier molecular flexibility index (Phi) is 7.97. The lowest BCUT2D eigenvalue weighted by Crippen LogP contribution is -2.40. The number of carbonyl (C=O) groups excluding carboxylic acids is 1. The van der Waals surface area contributed by atoms with E-state index in [1.807, 2.05) is 55.5 Å². The molecule has 1 heterocycles. The SMILES string of the molecule is CC(C)CCN(C(=O)Nc1cccc(Cl)c1Cl)C(C)c1nc2ccccc2c(=O)n1-c1ccccc1. The van der Waals surface area contributed by atoms with Gasteiger partial charge in [0.25, 0.3) is 5.56 Å². The zero-order valence-electron chi connectivity index (χ0n) is 20.4. The molecule has 1 aromatic heterocycles. The molecule has 0 aliphatic carbocycles. The lowest BCUT2D eigenvalue weighted by molar-refractivity contribution is 0.185. The van der Waals surface area contributed by atoms with Gasteiger partial charge in [-0.3, -0.25) is 9.36 Å². The fourth-order valence-corrected chi connectivity index (χ4v) is 4.40. The van der Waals surface area contributed by atoms with E-state index in [9.17, 15) is 9.59 Å². The Morgan fingerprint density at radius 2 is 1.67 bits per heavy atom. The molecule has 6 nitrogen and oxygen atoms in total. The zero-order valence-corrected chi connectivity index (χ0v) is 21.9. The van der Waals surface area contributed by atoms with Crippen molar-refractivity contribution in [2.75, 3.05) is 11.9 Å². The highest BCUT2D eigenvalue weighted by Crippen LogP contribution is 2.31. The van der Waals surface area contributed by atoms with Crippen LogP contribution in [0, 0.1) is 5.92 Å². The molecule has 1 N–H and O–H groups in total. The van der Waals surface area contributed by atoms with Crippen LogP contribution in [0.2, 0.25) is 10.0 Å². The van der Waals surface area contributed by atoms with Gasteiger partial charge in [-0.2, -0.15) is 0 Å². The third-order valence-electron chi connectivity index (χ3n) is 6.06. The summed E-state index contributed by atoms with van der Waals surface area (Å²) in [6.45, 7) is 6.54. The van der Waals surface area contributed by atoms with E-state index >= 15 is 0 Å². The first kappa shape index (κ1) is 25.7. The van der Waals surface area contributed by atoms with Gasteiger partial charge in [0.2, 0.25) is 0 Å². The average Bonchev–Trinajstić information content (AvgIpc) is 2.87. The number of nitrogens with zero attached hydrogens (tertiary/aromatic N) is 3. The van der Waals surface area contributed by atoms with Crippen molar-refractivity contribution in [3.8, 4) is 5.69 Å². The maximum absolute atomic E-state index is 13.7. The van der Waals surface area contributed by atoms with Crippen LogP contribution in [0.25, 0.3) is 16.6 Å². The van der Waals surface area contributed by atoms with Crippen LogP contribution in [0.1, 0.15) is 39.1 Å². The van der Waals surface area contributed by atoms with Crippen molar-refractivity contribution >= 4 is 45.8 Å². The summed E-state index contributed by atoms with van der Waals surface area (Å²) in [5.74, 6) is 0.837. The van der Waals surface area contributed by atoms with Gasteiger partial charge in [-0.15, -0.1) is 0 Å². The Labute approximate surface area is 220 Å². The van der Waals surface area contributed by atoms with Gasteiger partial charge in [-0.05, 0) is 55.7 Å². The van der Waals surface area contributed by atoms with Crippen molar-refractivity contribution in [1.29, 1.82) is 0 Å². The number of rotatable bonds is 7. The summed E-state index contributed by atoms with van der Waals surface area (Å²) in [4.78, 5) is 33.8. The third kappa shape index (κ3) is 5.40. The van der Waals surface area contributed by atoms with Gasteiger partial charge < -0.3 is 10.2 Å². The lowest BCUT2D eigenvalue weighted by atomic mass is 10.1. The van der Waals surface area contributed by atoms with Crippen LogP contribution >= 0.6 is 23.2 Å². The van der Waals surface area contributed by atoms with E-state index in [1.54, 1.807) is 33.7 Å². The maximum Gasteiger partial charge on any atom is 0.322 e. The Morgan fingerprint density at radius 3 is 2.39 bits per heavy atom. The van der Waals surface area contributed by atoms with Gasteiger partial charge in [0.05, 0.1) is 38.4 Å². The first-order valence-corrected chi connectivity index (χ1v) is 12.6. The first-order valence-electron chi connectivity index (χ1n) is 11.9. The molecule has 8 heteroatoms. The molecule has 1 atom stereocenters. The fourth-order valence-electron chi connectivity index (χ4n) is 4.05. The summed E-state index contributed by atoms with van der Waals surface area (Å²) in [6.07, 6.45) is 0.768. The van der Waals surface area contributed by atoms with Crippen LogP contribution < -0.4 is 10.9 Å². The monoisotopic (exact) mass is 522 g/mol. The number of para-hydroxylation sites is 2. The molecule has 186 valence electrons. The van der Waals surface area contributed by atoms with Crippen molar-refractivity contribution in [2.45, 2.75) is 33.2 Å². The standard InChI is InChI=1S/C28H28Cl2N4O2/c1-18(2)16-17-33(28(36)32-24-15-9-13-22(29)25(24)30)19(3)26-31-23-14-8-7-12-21(23)27(35)34(26)20-10-5-4-6-11-20/h4-15,18-19H,16-17H2,1-3H3,(H,32,36). The summed E-state index contributed by atoms with van der Waals surface area (Å²) in [6, 6.07) is 20.8. The van der Waals surface area contributed by atoms with Gasteiger partial charge in [0.1, 0.15) is 5.82 Å². The minimum absolute atomic E-state index is 0.184. The number of nitrogens with one attached hydrogen (secondary N) is 1. The maximum atomic E-state index is 13.7. The molecule has 0 aliphatic rings. The second kappa shape index (κ2) is 11.1. The molecule has 3 aromatic carbocycles. The minimum atomic E-state index is -0.528. The number of amides is 2. The van der Waals surface area contributed by atoms with E-state index in [0.717, 1.165) is 6.42 Å². The highest BCUT2D eigenvalue weighted by molar-refractivity contribution is 6.43. The lowest BCUT2D eigenvalue weighted by Gasteiger charge is -2.31. The number of hydrogen-bond donors (Lipinski definition) is 1. The van der Waals surface area contributed by atoms with E-state index in [1.165, 1.54) is 0 Å². The number of halogens is 2. The van der Waals surface area contributed by atoms with Gasteiger partial charge in [-0.1, -0.05) is 73.4 Å². The molecule has 0 saturated carbocycles. The van der Waals surface area contributed by atoms with Crippen LogP contribution in [0.4, 0.5) is 10.5 Å². The van der Waals surface area contributed by atoms with Crippen LogP contribution in [0.3, 0.4) is 0 Å². The Balaban J connectivity index is 1.82. The fraction of sp³-hybridized carbons (Fsp3) is 0.250. The van der Waals surface area contributed by atoms with Crippen molar-refractivity contribution in [3.63, 3.8) is 0 Å². The van der Waals surface area contributed by atoms with Crippen LogP contribution in [0.15, 0.2) is 77.6 Å². The molecule has 0 radical (unpaired) electrons. The molecule has 0 aliphatic heterocycles. The van der Waals surface area contributed by atoms with Crippen LogP contribution in [0.5, 0.6) is 0 Å². The molecular weight excluding hydrogens is 495 g/mol. The molecule has 0 fully saturated rings. The molecule has 36 heavy (non-hydrogen) atoms. The Hall–Kier alpha value is -3.35. The Morgan fingerprint density at radius 1 is 0.972 bits per heavy atom. The van der Waals surface area contributed by atoms with Crippen LogP contribution in [-0.2, 0) is 0 Å². The smallest absolute Gasteiger partial charge is 0.315 e. The number of hydrogen-bond acceptors (Lipinski definition) is 3. The van der Waals surface area contributed by atoms with Crippen LogP contribution in [-0.4, -0.2) is 27.0 Å². The number of anilines is 1. The van der Waals surface area contributed by atoms with Crippen molar-refractivity contribution in [1.82, 2.24) is 14.5 Å². The first-order chi connectivity index (χ1) is 17.3. The average molecular weight is 523 g/mol. The van der Waals surface area contributed by atoms with E-state index in [0.29, 0.717) is 45.6 Å². The molecule has 1 unspecified atom stereocenters. The Bertz CT molecular complexity index is 1440. The molecule has 0 bridgehead atoms. The van der Waals surface area contributed by atoms with Crippen molar-refractivity contribution in [3.05, 3.63) is 99.0 Å². The van der Waals surface area contributed by atoms with E-state index in [-0.39, 0.29) is 16.6 Å². The van der Waals surface area contributed by atoms with Crippen molar-refractivity contribution in [2.24, 2.45) is 5.92 Å². The summed E-state index contributed by atoms with van der Waals surface area (Å²) >= 11 is 12.5.